The number of rotatable bonds is 4. The number of ether oxygens (including phenoxy) is 1. The summed E-state index contributed by atoms with van der Waals surface area (Å²) < 4.78 is 4.88. The van der Waals surface area contributed by atoms with E-state index < -0.39 is 0 Å². The van der Waals surface area contributed by atoms with Crippen molar-refractivity contribution < 1.29 is 9.53 Å². The third-order valence-corrected chi connectivity index (χ3v) is 3.30. The van der Waals surface area contributed by atoms with E-state index in [1.807, 2.05) is 13.0 Å². The van der Waals surface area contributed by atoms with Gasteiger partial charge >= 0.3 is 5.97 Å². The number of esters is 1. The van der Waals surface area contributed by atoms with E-state index in [0.29, 0.717) is 12.5 Å². The lowest BCUT2D eigenvalue weighted by Gasteiger charge is -2.34. The lowest BCUT2D eigenvalue weighted by atomic mass is 9.94. The molecule has 0 saturated heterocycles. The van der Waals surface area contributed by atoms with Gasteiger partial charge < -0.3 is 9.64 Å². The highest BCUT2D eigenvalue weighted by Crippen LogP contribution is 2.28. The second kappa shape index (κ2) is 6.41. The van der Waals surface area contributed by atoms with Crippen LogP contribution in [0.4, 0.5) is 5.69 Å². The molecule has 1 aliphatic rings. The van der Waals surface area contributed by atoms with Crippen LogP contribution in [0.2, 0.25) is 0 Å². The molecule has 0 saturated carbocycles. The smallest absolute Gasteiger partial charge is 0.330 e. The van der Waals surface area contributed by atoms with Crippen molar-refractivity contribution >= 4 is 11.7 Å². The Morgan fingerprint density at radius 1 is 1.47 bits per heavy atom. The van der Waals surface area contributed by atoms with Crippen LogP contribution >= 0.6 is 0 Å². The van der Waals surface area contributed by atoms with Crippen molar-refractivity contribution in [3.05, 3.63) is 42.0 Å². The maximum Gasteiger partial charge on any atom is 0.330 e. The molecule has 1 aromatic rings. The summed E-state index contributed by atoms with van der Waals surface area (Å²) in [4.78, 5) is 13.6. The Kier molecular flexibility index (Phi) is 4.61. The average molecular weight is 259 g/mol. The van der Waals surface area contributed by atoms with Gasteiger partial charge in [0, 0.05) is 24.9 Å². The van der Waals surface area contributed by atoms with Crippen LogP contribution < -0.4 is 4.90 Å². The molecule has 102 valence electrons. The number of fused-ring (bicyclic) bond motifs is 1. The summed E-state index contributed by atoms with van der Waals surface area (Å²) in [6.07, 6.45) is 4.53. The first-order chi connectivity index (χ1) is 9.20. The third-order valence-electron chi connectivity index (χ3n) is 3.30. The van der Waals surface area contributed by atoms with Crippen LogP contribution in [0.15, 0.2) is 36.4 Å². The van der Waals surface area contributed by atoms with Crippen LogP contribution in [0.3, 0.4) is 0 Å². The van der Waals surface area contributed by atoms with Crippen molar-refractivity contribution in [2.24, 2.45) is 5.92 Å². The minimum atomic E-state index is -0.263. The average Bonchev–Trinajstić information content (AvgIpc) is 2.38. The van der Waals surface area contributed by atoms with Crippen LogP contribution in [-0.4, -0.2) is 25.7 Å². The van der Waals surface area contributed by atoms with Crippen LogP contribution in [0, 0.1) is 5.92 Å². The summed E-state index contributed by atoms with van der Waals surface area (Å²) in [5.74, 6) is 0.381. The molecule has 0 amide bonds. The number of hydrogen-bond donors (Lipinski definition) is 0. The first-order valence-electron chi connectivity index (χ1n) is 6.87. The highest BCUT2D eigenvalue weighted by molar-refractivity contribution is 5.82. The first kappa shape index (κ1) is 13.7. The predicted molar refractivity (Wildman–Crippen MR) is 77.3 cm³/mol. The van der Waals surface area contributed by atoms with Gasteiger partial charge in [0.05, 0.1) is 6.61 Å². The van der Waals surface area contributed by atoms with Crippen molar-refractivity contribution in [3.63, 3.8) is 0 Å². The normalized spacial score (nSPS) is 18.4. The Bertz CT molecular complexity index is 468. The van der Waals surface area contributed by atoms with Crippen molar-refractivity contribution in [2.75, 3.05) is 24.6 Å². The number of carbonyl (C=O) groups excluding carboxylic acids is 1. The van der Waals surface area contributed by atoms with E-state index in [1.54, 1.807) is 0 Å². The maximum absolute atomic E-state index is 11.3. The second-order valence-electron chi connectivity index (χ2n) is 5.00. The second-order valence-corrected chi connectivity index (χ2v) is 5.00. The van der Waals surface area contributed by atoms with Gasteiger partial charge in [0.2, 0.25) is 0 Å². The van der Waals surface area contributed by atoms with Gasteiger partial charge in [-0.1, -0.05) is 31.2 Å². The molecule has 0 aromatic heterocycles. The summed E-state index contributed by atoms with van der Waals surface area (Å²) in [5.41, 5.74) is 2.68. The molecular weight excluding hydrogens is 238 g/mol. The van der Waals surface area contributed by atoms with Crippen LogP contribution in [0.5, 0.6) is 0 Å². The number of benzene rings is 1. The Hall–Kier alpha value is -1.77. The van der Waals surface area contributed by atoms with E-state index >= 15 is 0 Å². The first-order valence-corrected chi connectivity index (χ1v) is 6.87. The fourth-order valence-corrected chi connectivity index (χ4v) is 2.55. The highest BCUT2D eigenvalue weighted by Gasteiger charge is 2.20. The zero-order valence-electron chi connectivity index (χ0n) is 11.6. The molecule has 0 aliphatic carbocycles. The maximum atomic E-state index is 11.3. The van der Waals surface area contributed by atoms with Gasteiger partial charge in [-0.3, -0.25) is 0 Å². The summed E-state index contributed by atoms with van der Waals surface area (Å²) in [6.45, 7) is 6.28. The van der Waals surface area contributed by atoms with Crippen molar-refractivity contribution in [3.8, 4) is 0 Å². The van der Waals surface area contributed by atoms with E-state index in [-0.39, 0.29) is 5.97 Å². The number of hydrogen-bond acceptors (Lipinski definition) is 3. The minimum Gasteiger partial charge on any atom is -0.463 e. The zero-order chi connectivity index (χ0) is 13.7. The highest BCUT2D eigenvalue weighted by atomic mass is 16.5. The van der Waals surface area contributed by atoms with Gasteiger partial charge in [-0.15, -0.1) is 0 Å². The molecule has 1 aliphatic heterocycles. The van der Waals surface area contributed by atoms with Gasteiger partial charge in [0.1, 0.15) is 0 Å². The lowest BCUT2D eigenvalue weighted by Crippen LogP contribution is -2.34. The van der Waals surface area contributed by atoms with Crippen LogP contribution in [0.1, 0.15) is 19.4 Å². The molecule has 0 fully saturated rings. The number of anilines is 1. The molecule has 19 heavy (non-hydrogen) atoms. The van der Waals surface area contributed by atoms with E-state index in [9.17, 15) is 4.79 Å². The molecule has 1 unspecified atom stereocenters. The number of para-hydroxylation sites is 1. The quantitative estimate of drug-likeness (QED) is 0.615. The van der Waals surface area contributed by atoms with Gasteiger partial charge in [0.25, 0.3) is 0 Å². The lowest BCUT2D eigenvalue weighted by molar-refractivity contribution is -0.137. The standard InChI is InChI=1S/C16H21NO2/c1-3-19-16(18)9-6-10-17-12-13(2)11-14-7-4-5-8-15(14)17/h4-9,13H,3,10-12H2,1-2H3/b9-6+. The molecule has 1 atom stereocenters. The summed E-state index contributed by atoms with van der Waals surface area (Å²) in [7, 11) is 0. The Morgan fingerprint density at radius 2 is 2.26 bits per heavy atom. The van der Waals surface area contributed by atoms with Gasteiger partial charge in [0.15, 0.2) is 0 Å². The van der Waals surface area contributed by atoms with Gasteiger partial charge in [-0.2, -0.15) is 0 Å². The molecule has 0 spiro atoms. The molecule has 3 nitrogen and oxygen atoms in total. The molecular formula is C16H21NO2. The van der Waals surface area contributed by atoms with Gasteiger partial charge in [-0.05, 0) is 30.9 Å². The zero-order valence-corrected chi connectivity index (χ0v) is 11.6. The molecule has 3 heteroatoms. The molecule has 1 aromatic carbocycles. The summed E-state index contributed by atoms with van der Waals surface area (Å²) >= 11 is 0. The van der Waals surface area contributed by atoms with Gasteiger partial charge in [-0.25, -0.2) is 4.79 Å². The molecule has 0 N–H and O–H groups in total. The molecule has 1 heterocycles. The SMILES string of the molecule is CCOC(=O)/C=C/CN1CC(C)Cc2ccccc21. The van der Waals surface area contributed by atoms with Crippen molar-refractivity contribution in [1.29, 1.82) is 0 Å². The molecule has 2 rings (SSSR count). The number of nitrogens with zero attached hydrogens (tertiary/aromatic N) is 1. The van der Waals surface area contributed by atoms with Crippen molar-refractivity contribution in [2.45, 2.75) is 20.3 Å². The Morgan fingerprint density at radius 3 is 3.05 bits per heavy atom. The fraction of sp³-hybridized carbons (Fsp3) is 0.438. The van der Waals surface area contributed by atoms with Crippen LogP contribution in [0.25, 0.3) is 0 Å². The van der Waals surface area contributed by atoms with Crippen molar-refractivity contribution in [1.82, 2.24) is 0 Å². The van der Waals surface area contributed by atoms with E-state index in [0.717, 1.165) is 19.5 Å². The Balaban J connectivity index is 2.03. The Labute approximate surface area is 114 Å². The summed E-state index contributed by atoms with van der Waals surface area (Å²) in [5, 5.41) is 0. The predicted octanol–water partition coefficient (Wildman–Crippen LogP) is 2.80. The monoisotopic (exact) mass is 259 g/mol. The van der Waals surface area contributed by atoms with Crippen LogP contribution in [-0.2, 0) is 16.0 Å². The number of carbonyl (C=O) groups is 1. The largest absolute Gasteiger partial charge is 0.463 e. The molecule has 0 radical (unpaired) electrons. The topological polar surface area (TPSA) is 29.5 Å². The van der Waals surface area contributed by atoms with E-state index in [1.165, 1.54) is 17.3 Å². The summed E-state index contributed by atoms with van der Waals surface area (Å²) in [6, 6.07) is 8.49. The van der Waals surface area contributed by atoms with E-state index in [2.05, 4.69) is 36.1 Å². The van der Waals surface area contributed by atoms with E-state index in [4.69, 9.17) is 4.74 Å². The third kappa shape index (κ3) is 3.60. The minimum absolute atomic E-state index is 0.263. The molecule has 0 bridgehead atoms. The fourth-order valence-electron chi connectivity index (χ4n) is 2.55.